The van der Waals surface area contributed by atoms with Crippen LogP contribution in [0.25, 0.3) is 0 Å². The molecule has 1 aliphatic heterocycles. The van der Waals surface area contributed by atoms with Crippen LogP contribution >= 0.6 is 11.6 Å². The third-order valence-corrected chi connectivity index (χ3v) is 2.65. The number of nitrogens with two attached hydrogens (primary N) is 1. The van der Waals surface area contributed by atoms with Gasteiger partial charge < -0.3 is 10.6 Å². The lowest BCUT2D eigenvalue weighted by molar-refractivity contribution is -0.114. The van der Waals surface area contributed by atoms with Crippen LogP contribution in [0.4, 0.5) is 11.4 Å². The van der Waals surface area contributed by atoms with E-state index in [1.165, 1.54) is 0 Å². The van der Waals surface area contributed by atoms with E-state index in [1.807, 2.05) is 12.1 Å². The molecule has 1 heterocycles. The van der Waals surface area contributed by atoms with Crippen LogP contribution in [-0.2, 0) is 4.79 Å². The van der Waals surface area contributed by atoms with Crippen molar-refractivity contribution in [2.75, 3.05) is 17.2 Å². The molecular formula is C11H11ClN2O. The summed E-state index contributed by atoms with van der Waals surface area (Å²) in [5, 5.41) is 0.290. The molecule has 15 heavy (non-hydrogen) atoms. The minimum Gasteiger partial charge on any atom is -0.399 e. The van der Waals surface area contributed by atoms with E-state index in [0.717, 1.165) is 12.1 Å². The predicted octanol–water partition coefficient (Wildman–Crippen LogP) is 2.13. The summed E-state index contributed by atoms with van der Waals surface area (Å²) in [6.07, 6.45) is 2.53. The fourth-order valence-electron chi connectivity index (χ4n) is 1.54. The van der Waals surface area contributed by atoms with E-state index in [4.69, 9.17) is 17.3 Å². The van der Waals surface area contributed by atoms with Crippen molar-refractivity contribution in [2.24, 2.45) is 0 Å². The zero-order valence-electron chi connectivity index (χ0n) is 8.11. The van der Waals surface area contributed by atoms with Gasteiger partial charge in [-0.3, -0.25) is 4.79 Å². The van der Waals surface area contributed by atoms with Gasteiger partial charge in [0.2, 0.25) is 0 Å². The van der Waals surface area contributed by atoms with E-state index in [1.54, 1.807) is 23.1 Å². The van der Waals surface area contributed by atoms with Crippen LogP contribution in [0.1, 0.15) is 6.42 Å². The van der Waals surface area contributed by atoms with E-state index in [9.17, 15) is 4.79 Å². The molecule has 0 spiro atoms. The molecule has 0 fully saturated rings. The highest BCUT2D eigenvalue weighted by molar-refractivity contribution is 6.44. The Morgan fingerprint density at radius 2 is 1.93 bits per heavy atom. The normalized spacial score (nSPS) is 16.5. The van der Waals surface area contributed by atoms with E-state index in [-0.39, 0.29) is 10.9 Å². The van der Waals surface area contributed by atoms with Crippen molar-refractivity contribution in [3.63, 3.8) is 0 Å². The molecule has 78 valence electrons. The standard InChI is InChI=1S/C11H11ClN2O/c12-10-2-1-7-14(11(10)15)9-5-3-8(13)4-6-9/h2-6H,1,7,13H2. The molecule has 1 aromatic rings. The van der Waals surface area contributed by atoms with Crippen LogP contribution in [0.15, 0.2) is 35.4 Å². The number of nitrogen functional groups attached to an aromatic ring is 1. The lowest BCUT2D eigenvalue weighted by atomic mass is 10.2. The van der Waals surface area contributed by atoms with Crippen molar-refractivity contribution in [1.29, 1.82) is 0 Å². The molecule has 4 heteroatoms. The molecule has 1 amide bonds. The molecular weight excluding hydrogens is 212 g/mol. The molecule has 0 unspecified atom stereocenters. The van der Waals surface area contributed by atoms with Gasteiger partial charge in [-0.1, -0.05) is 17.7 Å². The maximum Gasteiger partial charge on any atom is 0.269 e. The van der Waals surface area contributed by atoms with Gasteiger partial charge in [0.25, 0.3) is 5.91 Å². The molecule has 0 saturated heterocycles. The monoisotopic (exact) mass is 222 g/mol. The molecule has 0 saturated carbocycles. The van der Waals surface area contributed by atoms with E-state index >= 15 is 0 Å². The number of hydrogen-bond acceptors (Lipinski definition) is 2. The number of nitrogens with zero attached hydrogens (tertiary/aromatic N) is 1. The number of hydrogen-bond donors (Lipinski definition) is 1. The summed E-state index contributed by atoms with van der Waals surface area (Å²) < 4.78 is 0. The first-order valence-corrected chi connectivity index (χ1v) is 5.09. The molecule has 3 nitrogen and oxygen atoms in total. The smallest absolute Gasteiger partial charge is 0.269 e. The van der Waals surface area contributed by atoms with Gasteiger partial charge in [0, 0.05) is 17.9 Å². The Balaban J connectivity index is 2.28. The quantitative estimate of drug-likeness (QED) is 0.740. The summed E-state index contributed by atoms with van der Waals surface area (Å²) in [4.78, 5) is 13.4. The van der Waals surface area contributed by atoms with Gasteiger partial charge in [-0.15, -0.1) is 0 Å². The van der Waals surface area contributed by atoms with E-state index in [0.29, 0.717) is 12.2 Å². The van der Waals surface area contributed by atoms with Crippen LogP contribution < -0.4 is 10.6 Å². The fourth-order valence-corrected chi connectivity index (χ4v) is 1.75. The summed E-state index contributed by atoms with van der Waals surface area (Å²) in [5.41, 5.74) is 7.10. The van der Waals surface area contributed by atoms with Gasteiger partial charge in [0.1, 0.15) is 5.03 Å². The van der Waals surface area contributed by atoms with Crippen LogP contribution in [0.5, 0.6) is 0 Å². The molecule has 2 N–H and O–H groups in total. The summed E-state index contributed by atoms with van der Waals surface area (Å²) in [7, 11) is 0. The number of rotatable bonds is 1. The predicted molar refractivity (Wildman–Crippen MR) is 61.8 cm³/mol. The summed E-state index contributed by atoms with van der Waals surface area (Å²) in [6.45, 7) is 0.666. The molecule has 0 atom stereocenters. The van der Waals surface area contributed by atoms with E-state index < -0.39 is 0 Å². The number of carbonyl (C=O) groups excluding carboxylic acids is 1. The van der Waals surface area contributed by atoms with Crippen molar-refractivity contribution in [2.45, 2.75) is 6.42 Å². The summed E-state index contributed by atoms with van der Waals surface area (Å²) in [6, 6.07) is 7.19. The first-order chi connectivity index (χ1) is 7.18. The summed E-state index contributed by atoms with van der Waals surface area (Å²) >= 11 is 5.79. The topological polar surface area (TPSA) is 46.3 Å². The zero-order chi connectivity index (χ0) is 10.8. The van der Waals surface area contributed by atoms with Crippen molar-refractivity contribution < 1.29 is 4.79 Å². The van der Waals surface area contributed by atoms with Crippen LogP contribution in [0.2, 0.25) is 0 Å². The third kappa shape index (κ3) is 1.97. The fraction of sp³-hybridized carbons (Fsp3) is 0.182. The maximum atomic E-state index is 11.7. The Labute approximate surface area is 93.1 Å². The number of amides is 1. The molecule has 0 aliphatic carbocycles. The maximum absolute atomic E-state index is 11.7. The largest absolute Gasteiger partial charge is 0.399 e. The highest BCUT2D eigenvalue weighted by atomic mass is 35.5. The van der Waals surface area contributed by atoms with Crippen molar-refractivity contribution in [3.05, 3.63) is 35.4 Å². The Morgan fingerprint density at radius 3 is 2.60 bits per heavy atom. The van der Waals surface area contributed by atoms with Gasteiger partial charge in [-0.25, -0.2) is 0 Å². The average molecular weight is 223 g/mol. The van der Waals surface area contributed by atoms with Crippen LogP contribution in [0.3, 0.4) is 0 Å². The Hall–Kier alpha value is -1.48. The molecule has 0 radical (unpaired) electrons. The highest BCUT2D eigenvalue weighted by Gasteiger charge is 2.21. The van der Waals surface area contributed by atoms with E-state index in [2.05, 4.69) is 0 Å². The molecule has 0 bridgehead atoms. The van der Waals surface area contributed by atoms with Crippen LogP contribution in [0, 0.1) is 0 Å². The minimum atomic E-state index is -0.146. The number of benzene rings is 1. The van der Waals surface area contributed by atoms with Gasteiger partial charge in [0.15, 0.2) is 0 Å². The minimum absolute atomic E-state index is 0.146. The Morgan fingerprint density at radius 1 is 1.27 bits per heavy atom. The van der Waals surface area contributed by atoms with Gasteiger partial charge >= 0.3 is 0 Å². The van der Waals surface area contributed by atoms with Crippen LogP contribution in [-0.4, -0.2) is 12.5 Å². The molecule has 0 aromatic heterocycles. The lowest BCUT2D eigenvalue weighted by Gasteiger charge is -2.25. The Bertz CT molecular complexity index is 411. The van der Waals surface area contributed by atoms with Crippen molar-refractivity contribution in [1.82, 2.24) is 0 Å². The summed E-state index contributed by atoms with van der Waals surface area (Å²) in [5.74, 6) is -0.146. The lowest BCUT2D eigenvalue weighted by Crippen LogP contribution is -2.34. The first kappa shape index (κ1) is 10.1. The third-order valence-electron chi connectivity index (χ3n) is 2.33. The molecule has 2 rings (SSSR count). The Kier molecular flexibility index (Phi) is 2.64. The van der Waals surface area contributed by atoms with Gasteiger partial charge in [-0.05, 0) is 30.7 Å². The van der Waals surface area contributed by atoms with Crippen molar-refractivity contribution >= 4 is 28.9 Å². The number of carbonyl (C=O) groups is 1. The number of anilines is 2. The zero-order valence-corrected chi connectivity index (χ0v) is 8.87. The van der Waals surface area contributed by atoms with Gasteiger partial charge in [-0.2, -0.15) is 0 Å². The molecule has 1 aliphatic rings. The van der Waals surface area contributed by atoms with Gasteiger partial charge in [0.05, 0.1) is 0 Å². The molecule has 1 aromatic carbocycles. The average Bonchev–Trinajstić information content (AvgIpc) is 2.24. The number of halogens is 1. The second kappa shape index (κ2) is 3.95. The SMILES string of the molecule is Nc1ccc(N2CCC=C(Cl)C2=O)cc1. The highest BCUT2D eigenvalue weighted by Crippen LogP contribution is 2.23. The second-order valence-corrected chi connectivity index (χ2v) is 3.80. The first-order valence-electron chi connectivity index (χ1n) is 4.71. The van der Waals surface area contributed by atoms with Crippen molar-refractivity contribution in [3.8, 4) is 0 Å². The second-order valence-electron chi connectivity index (χ2n) is 3.39.